The largest absolute Gasteiger partial charge is 0.461 e. The van der Waals surface area contributed by atoms with Gasteiger partial charge in [0.05, 0.1) is 34.6 Å². The number of pyridine rings is 1. The molecule has 62 heavy (non-hydrogen) atoms. The predicted molar refractivity (Wildman–Crippen MR) is 205 cm³/mol. The molecule has 1 N–H and O–H groups in total. The first-order chi connectivity index (χ1) is 29.0. The van der Waals surface area contributed by atoms with Crippen molar-refractivity contribution in [3.63, 3.8) is 0 Å². The van der Waals surface area contributed by atoms with Crippen LogP contribution in [0.3, 0.4) is 0 Å². The van der Waals surface area contributed by atoms with E-state index in [0.717, 1.165) is 41.5 Å². The number of fused-ring (bicyclic) bond motifs is 5. The van der Waals surface area contributed by atoms with Gasteiger partial charge < -0.3 is 47.7 Å². The fourth-order valence-electron chi connectivity index (χ4n) is 9.84. The third-order valence-electron chi connectivity index (χ3n) is 12.3. The number of ether oxygens (including phenoxy) is 9. The van der Waals surface area contributed by atoms with E-state index in [0.29, 0.717) is 0 Å². The molecule has 13 atom stereocenters. The zero-order chi connectivity index (χ0) is 45.7. The molecule has 13 unspecified atom stereocenters. The molecule has 1 spiro atoms. The molecule has 2 aromatic rings. The highest BCUT2D eigenvalue weighted by Gasteiger charge is 2.92. The van der Waals surface area contributed by atoms with E-state index in [2.05, 4.69) is 4.98 Å². The minimum Gasteiger partial charge on any atom is -0.461 e. The quantitative estimate of drug-likeness (QED) is 0.295. The second-order valence-electron chi connectivity index (χ2n) is 16.4. The Balaban J connectivity index is 1.77. The van der Waals surface area contributed by atoms with E-state index in [1.807, 2.05) is 0 Å². The third-order valence-corrected chi connectivity index (χ3v) is 12.3. The first-order valence-electron chi connectivity index (χ1n) is 19.9. The molecule has 19 nitrogen and oxygen atoms in total. The maximum Gasteiger partial charge on any atom is 0.340 e. The molecule has 3 fully saturated rings. The minimum absolute atomic E-state index is 0.0487. The summed E-state index contributed by atoms with van der Waals surface area (Å²) >= 11 is 0. The van der Waals surface area contributed by atoms with Gasteiger partial charge in [0.25, 0.3) is 0 Å². The summed E-state index contributed by atoms with van der Waals surface area (Å²) in [6.45, 7) is 8.74. The van der Waals surface area contributed by atoms with Gasteiger partial charge in [-0.15, -0.1) is 0 Å². The third kappa shape index (κ3) is 7.43. The van der Waals surface area contributed by atoms with Crippen LogP contribution in [-0.4, -0.2) is 124 Å². The fraction of sp³-hybridized carbons (Fsp3) is 0.558. The Hall–Kier alpha value is -5.95. The monoisotopic (exact) mass is 867 g/mol. The molecular weight excluding hydrogens is 818 g/mol. The maximum atomic E-state index is 14.5. The highest BCUT2D eigenvalue weighted by Crippen LogP contribution is 2.69. The molecule has 0 radical (unpaired) electrons. The summed E-state index contributed by atoms with van der Waals surface area (Å²) in [5, 5.41) is 13.5. The second kappa shape index (κ2) is 16.7. The summed E-state index contributed by atoms with van der Waals surface area (Å²) in [4.78, 5) is 114. The van der Waals surface area contributed by atoms with Crippen LogP contribution in [0, 0.1) is 17.8 Å². The summed E-state index contributed by atoms with van der Waals surface area (Å²) < 4.78 is 55.3. The number of benzene rings is 1. The van der Waals surface area contributed by atoms with Gasteiger partial charge in [0, 0.05) is 46.7 Å². The van der Waals surface area contributed by atoms with Gasteiger partial charge in [0.15, 0.2) is 29.5 Å². The van der Waals surface area contributed by atoms with Crippen LogP contribution in [0.2, 0.25) is 0 Å². The average Bonchev–Trinajstić information content (AvgIpc) is 3.42. The molecule has 2 aliphatic carbocycles. The summed E-state index contributed by atoms with van der Waals surface area (Å²) in [6, 6.07) is 10.5. The number of aliphatic hydroxyl groups is 1. The zero-order valence-corrected chi connectivity index (χ0v) is 35.6. The Morgan fingerprint density at radius 3 is 1.97 bits per heavy atom. The smallest absolute Gasteiger partial charge is 0.340 e. The molecule has 3 heterocycles. The Morgan fingerprint density at radius 1 is 0.774 bits per heavy atom. The first-order valence-corrected chi connectivity index (χ1v) is 19.9. The van der Waals surface area contributed by atoms with Gasteiger partial charge in [-0.3, -0.25) is 33.8 Å². The lowest BCUT2D eigenvalue weighted by Crippen LogP contribution is -2.91. The zero-order valence-electron chi connectivity index (χ0n) is 35.6. The highest BCUT2D eigenvalue weighted by atomic mass is 16.7. The van der Waals surface area contributed by atoms with Crippen molar-refractivity contribution < 1.29 is 86.1 Å². The lowest BCUT2D eigenvalue weighted by molar-refractivity contribution is -0.393. The van der Waals surface area contributed by atoms with Gasteiger partial charge in [-0.2, -0.15) is 0 Å². The molecule has 1 saturated heterocycles. The van der Waals surface area contributed by atoms with E-state index in [1.165, 1.54) is 44.3 Å². The van der Waals surface area contributed by atoms with Crippen LogP contribution in [0.5, 0.6) is 0 Å². The van der Waals surface area contributed by atoms with Crippen LogP contribution in [0.4, 0.5) is 0 Å². The first kappa shape index (κ1) is 45.6. The topological polar surface area (TPSA) is 253 Å². The van der Waals surface area contributed by atoms with Crippen LogP contribution in [-0.2, 0) is 71.4 Å². The van der Waals surface area contributed by atoms with Crippen LogP contribution in [0.25, 0.3) is 0 Å². The number of hydrogen-bond donors (Lipinski definition) is 1. The van der Waals surface area contributed by atoms with Gasteiger partial charge in [-0.1, -0.05) is 32.0 Å². The Morgan fingerprint density at radius 2 is 1.37 bits per heavy atom. The van der Waals surface area contributed by atoms with Crippen LogP contribution in [0.15, 0.2) is 48.7 Å². The van der Waals surface area contributed by atoms with E-state index < -0.39 is 138 Å². The Labute approximate surface area is 355 Å². The average molecular weight is 868 g/mol. The van der Waals surface area contributed by atoms with Crippen molar-refractivity contribution in [1.29, 1.82) is 0 Å². The predicted octanol–water partition coefficient (Wildman–Crippen LogP) is 2.33. The van der Waals surface area contributed by atoms with E-state index in [4.69, 9.17) is 42.6 Å². The number of cyclic esters (lactones) is 1. The van der Waals surface area contributed by atoms with Crippen molar-refractivity contribution >= 4 is 47.8 Å². The Kier molecular flexibility index (Phi) is 12.3. The van der Waals surface area contributed by atoms with Gasteiger partial charge in [0.2, 0.25) is 0 Å². The lowest BCUT2D eigenvalue weighted by Gasteiger charge is -2.67. The van der Waals surface area contributed by atoms with Crippen molar-refractivity contribution in [2.75, 3.05) is 13.2 Å². The fourth-order valence-corrected chi connectivity index (χ4v) is 9.84. The molecule has 1 aromatic carbocycles. The number of nitrogens with zero attached hydrogens (tertiary/aromatic N) is 1. The van der Waals surface area contributed by atoms with Crippen molar-refractivity contribution in [3.05, 3.63) is 65.5 Å². The summed E-state index contributed by atoms with van der Waals surface area (Å²) in [5.41, 5.74) is -10.6. The van der Waals surface area contributed by atoms with E-state index in [-0.39, 0.29) is 16.8 Å². The number of carbonyl (C=O) groups excluding carboxylic acids is 8. The second-order valence-corrected chi connectivity index (χ2v) is 16.4. The van der Waals surface area contributed by atoms with Crippen LogP contribution < -0.4 is 0 Å². The van der Waals surface area contributed by atoms with Crippen molar-refractivity contribution in [2.45, 2.75) is 121 Å². The lowest BCUT2D eigenvalue weighted by atomic mass is 9.47. The maximum absolute atomic E-state index is 14.5. The van der Waals surface area contributed by atoms with Gasteiger partial charge in [-0.05, 0) is 38.1 Å². The normalized spacial score (nSPS) is 36.0. The highest BCUT2D eigenvalue weighted by molar-refractivity contribution is 5.91. The van der Waals surface area contributed by atoms with Crippen molar-refractivity contribution in [2.24, 2.45) is 17.8 Å². The minimum atomic E-state index is -2.90. The van der Waals surface area contributed by atoms with E-state index >= 15 is 0 Å². The number of carbonyl (C=O) groups is 8. The van der Waals surface area contributed by atoms with Crippen molar-refractivity contribution in [3.8, 4) is 0 Å². The molecule has 2 aliphatic heterocycles. The summed E-state index contributed by atoms with van der Waals surface area (Å²) in [6.07, 6.45) is -8.80. The molecule has 334 valence electrons. The van der Waals surface area contributed by atoms with E-state index in [1.54, 1.807) is 25.1 Å². The summed E-state index contributed by atoms with van der Waals surface area (Å²) in [5.74, 6) is -13.7. The molecule has 2 saturated carbocycles. The number of aromatic nitrogens is 1. The van der Waals surface area contributed by atoms with Crippen LogP contribution in [0.1, 0.15) is 94.6 Å². The van der Waals surface area contributed by atoms with Gasteiger partial charge >= 0.3 is 47.8 Å². The number of esters is 8. The molecule has 4 aliphatic rings. The van der Waals surface area contributed by atoms with Gasteiger partial charge in [0.1, 0.15) is 36.6 Å². The van der Waals surface area contributed by atoms with Crippen LogP contribution >= 0.6 is 0 Å². The number of rotatable bonds is 8. The van der Waals surface area contributed by atoms with Crippen molar-refractivity contribution in [1.82, 2.24) is 4.98 Å². The molecule has 0 amide bonds. The number of hydrogen-bond acceptors (Lipinski definition) is 19. The summed E-state index contributed by atoms with van der Waals surface area (Å²) in [7, 11) is 0. The molecule has 19 heteroatoms. The standard InChI is InChI=1S/C43H49NO18/c1-20-21(2)37(50)60-35-33(57-23(4)46)36(59-25(6)48)42(61-26(7)49)29(18-54-38(51)27-14-11-10-12-15-27)32(56-22(3)45)30-34(58-24(5)47)43(42,41(35,9)53)62-40(30,8)19-55-39(52)28-16-13-17-44-31(20)28/h10-17,20-21,29-30,32-36,53H,18-19H2,1-9H3. The van der Waals surface area contributed by atoms with Gasteiger partial charge in [-0.25, -0.2) is 9.59 Å². The molecular formula is C43H49NO18. The Bertz CT molecular complexity index is 2160. The molecule has 1 aromatic heterocycles. The molecule has 6 rings (SSSR count). The van der Waals surface area contributed by atoms with E-state index in [9.17, 15) is 43.5 Å². The SMILES string of the molecule is CC(=O)OC1C2C(OC(C)=O)C34OC2(C)COC(=O)c2cccnc2C(C)C(C)C(=O)OC(C(OC(C)=O)C(OC(C)=O)C3(OC(C)=O)C1COC(=O)c1ccccc1)C4(C)O. The molecule has 4 bridgehead atoms.